The molecule has 2 aromatic carbocycles. The molecule has 1 heterocycles. The van der Waals surface area contributed by atoms with Gasteiger partial charge in [0.1, 0.15) is 5.75 Å². The third-order valence-electron chi connectivity index (χ3n) is 4.36. The molecule has 5 heteroatoms. The van der Waals surface area contributed by atoms with E-state index < -0.39 is 0 Å². The predicted molar refractivity (Wildman–Crippen MR) is 102 cm³/mol. The first-order valence-electron chi connectivity index (χ1n) is 8.62. The van der Waals surface area contributed by atoms with Crippen molar-refractivity contribution in [3.8, 4) is 11.4 Å². The van der Waals surface area contributed by atoms with Crippen LogP contribution in [0, 0.1) is 20.8 Å². The van der Waals surface area contributed by atoms with E-state index >= 15 is 0 Å². The van der Waals surface area contributed by atoms with Crippen LogP contribution in [0.25, 0.3) is 5.69 Å². The molecule has 0 saturated carbocycles. The Hall–Kier alpha value is -3.08. The van der Waals surface area contributed by atoms with Crippen LogP contribution in [0.5, 0.6) is 5.75 Å². The molecule has 0 aliphatic heterocycles. The van der Waals surface area contributed by atoms with E-state index in [2.05, 4.69) is 10.4 Å². The number of hydrogen-bond donors (Lipinski definition) is 1. The van der Waals surface area contributed by atoms with E-state index in [1.54, 1.807) is 0 Å². The van der Waals surface area contributed by atoms with E-state index in [0.717, 1.165) is 34.0 Å². The van der Waals surface area contributed by atoms with E-state index in [4.69, 9.17) is 4.74 Å². The molecule has 0 atom stereocenters. The Labute approximate surface area is 153 Å². The number of nitrogens with one attached hydrogen (secondary N) is 1. The molecule has 0 radical (unpaired) electrons. The monoisotopic (exact) mass is 349 g/mol. The average molecular weight is 349 g/mol. The largest absolute Gasteiger partial charge is 0.484 e. The highest BCUT2D eigenvalue weighted by Crippen LogP contribution is 2.18. The van der Waals surface area contributed by atoms with Crippen LogP contribution in [0.4, 0.5) is 0 Å². The van der Waals surface area contributed by atoms with Crippen LogP contribution in [0.1, 0.15) is 22.5 Å². The third-order valence-corrected chi connectivity index (χ3v) is 4.36. The summed E-state index contributed by atoms with van der Waals surface area (Å²) >= 11 is 0. The summed E-state index contributed by atoms with van der Waals surface area (Å²) in [6, 6.07) is 17.6. The summed E-state index contributed by atoms with van der Waals surface area (Å²) in [6.45, 7) is 6.35. The number of ether oxygens (including phenoxy) is 1. The lowest BCUT2D eigenvalue weighted by Gasteiger charge is -2.10. The number of aryl methyl sites for hydroxylation is 2. The van der Waals surface area contributed by atoms with Gasteiger partial charge in [-0.2, -0.15) is 5.10 Å². The molecule has 3 aromatic rings. The molecule has 1 N–H and O–H groups in total. The first kappa shape index (κ1) is 17.7. The molecule has 0 saturated heterocycles. The lowest BCUT2D eigenvalue weighted by atomic mass is 10.2. The topological polar surface area (TPSA) is 56.1 Å². The lowest BCUT2D eigenvalue weighted by molar-refractivity contribution is -0.123. The van der Waals surface area contributed by atoms with Gasteiger partial charge in [-0.1, -0.05) is 36.4 Å². The normalized spacial score (nSPS) is 10.6. The summed E-state index contributed by atoms with van der Waals surface area (Å²) in [5.74, 6) is 0.575. The molecule has 0 unspecified atom stereocenters. The highest BCUT2D eigenvalue weighted by molar-refractivity contribution is 5.77. The van der Waals surface area contributed by atoms with Crippen molar-refractivity contribution < 1.29 is 9.53 Å². The minimum Gasteiger partial charge on any atom is -0.484 e. The van der Waals surface area contributed by atoms with Crippen LogP contribution in [0.15, 0.2) is 54.6 Å². The highest BCUT2D eigenvalue weighted by Gasteiger charge is 2.14. The predicted octanol–water partition coefficient (Wildman–Crippen LogP) is 3.49. The Balaban J connectivity index is 1.62. The maximum atomic E-state index is 12.1. The summed E-state index contributed by atoms with van der Waals surface area (Å²) in [5, 5.41) is 7.52. The fourth-order valence-corrected chi connectivity index (χ4v) is 2.85. The minimum atomic E-state index is -0.153. The second kappa shape index (κ2) is 7.87. The van der Waals surface area contributed by atoms with E-state index in [9.17, 15) is 4.79 Å². The van der Waals surface area contributed by atoms with Crippen LogP contribution < -0.4 is 10.1 Å². The first-order valence-corrected chi connectivity index (χ1v) is 8.62. The van der Waals surface area contributed by atoms with E-state index in [0.29, 0.717) is 6.54 Å². The van der Waals surface area contributed by atoms with Gasteiger partial charge in [-0.25, -0.2) is 4.68 Å². The zero-order valence-corrected chi connectivity index (χ0v) is 15.3. The van der Waals surface area contributed by atoms with Gasteiger partial charge in [-0.05, 0) is 44.5 Å². The fourth-order valence-electron chi connectivity index (χ4n) is 2.85. The minimum absolute atomic E-state index is 0.00420. The Morgan fingerprint density at radius 2 is 1.73 bits per heavy atom. The summed E-state index contributed by atoms with van der Waals surface area (Å²) in [5.41, 5.74) is 4.98. The smallest absolute Gasteiger partial charge is 0.258 e. The van der Waals surface area contributed by atoms with Crippen LogP contribution in [0.3, 0.4) is 0 Å². The van der Waals surface area contributed by atoms with Gasteiger partial charge in [0.05, 0.1) is 11.4 Å². The number of para-hydroxylation sites is 2. The van der Waals surface area contributed by atoms with Crippen LogP contribution in [0.2, 0.25) is 0 Å². The van der Waals surface area contributed by atoms with Crippen LogP contribution in [-0.2, 0) is 11.3 Å². The molecular formula is C21H23N3O2. The Kier molecular flexibility index (Phi) is 5.37. The highest BCUT2D eigenvalue weighted by atomic mass is 16.5. The van der Waals surface area contributed by atoms with Crippen molar-refractivity contribution in [3.63, 3.8) is 0 Å². The van der Waals surface area contributed by atoms with Crippen molar-refractivity contribution in [1.82, 2.24) is 15.1 Å². The SMILES string of the molecule is Cc1ccccc1OCC(=O)NCc1c(C)nn(-c2ccccc2)c1C. The second-order valence-corrected chi connectivity index (χ2v) is 6.23. The molecule has 0 fully saturated rings. The Bertz CT molecular complexity index is 901. The van der Waals surface area contributed by atoms with Crippen molar-refractivity contribution in [2.45, 2.75) is 27.3 Å². The second-order valence-electron chi connectivity index (χ2n) is 6.23. The summed E-state index contributed by atoms with van der Waals surface area (Å²) < 4.78 is 7.49. The summed E-state index contributed by atoms with van der Waals surface area (Å²) in [7, 11) is 0. The van der Waals surface area contributed by atoms with Gasteiger partial charge in [0.15, 0.2) is 6.61 Å². The van der Waals surface area contributed by atoms with Crippen molar-refractivity contribution in [1.29, 1.82) is 0 Å². The van der Waals surface area contributed by atoms with Crippen molar-refractivity contribution in [2.24, 2.45) is 0 Å². The van der Waals surface area contributed by atoms with Gasteiger partial charge in [-0.3, -0.25) is 4.79 Å². The van der Waals surface area contributed by atoms with E-state index in [1.165, 1.54) is 0 Å². The number of amides is 1. The van der Waals surface area contributed by atoms with Gasteiger partial charge >= 0.3 is 0 Å². The van der Waals surface area contributed by atoms with Crippen LogP contribution >= 0.6 is 0 Å². The maximum Gasteiger partial charge on any atom is 0.258 e. The molecule has 0 aliphatic carbocycles. The lowest BCUT2D eigenvalue weighted by Crippen LogP contribution is -2.28. The number of rotatable bonds is 6. The molecule has 1 amide bonds. The summed E-state index contributed by atoms with van der Waals surface area (Å²) in [6.07, 6.45) is 0. The summed E-state index contributed by atoms with van der Waals surface area (Å²) in [4.78, 5) is 12.1. The molecule has 3 rings (SSSR count). The van der Waals surface area contributed by atoms with Gasteiger partial charge in [0, 0.05) is 17.8 Å². The van der Waals surface area contributed by atoms with E-state index in [-0.39, 0.29) is 12.5 Å². The third kappa shape index (κ3) is 3.94. The molecule has 0 spiro atoms. The number of aromatic nitrogens is 2. The number of nitrogens with zero attached hydrogens (tertiary/aromatic N) is 2. The number of hydrogen-bond acceptors (Lipinski definition) is 3. The van der Waals surface area contributed by atoms with Gasteiger partial charge in [0.2, 0.25) is 0 Å². The average Bonchev–Trinajstić information content (AvgIpc) is 2.94. The van der Waals surface area contributed by atoms with Crippen LogP contribution in [-0.4, -0.2) is 22.3 Å². The number of carbonyl (C=O) groups is 1. The van der Waals surface area contributed by atoms with Gasteiger partial charge in [0.25, 0.3) is 5.91 Å². The molecule has 0 aliphatic rings. The maximum absolute atomic E-state index is 12.1. The van der Waals surface area contributed by atoms with Crippen molar-refractivity contribution >= 4 is 5.91 Å². The van der Waals surface area contributed by atoms with Gasteiger partial charge in [-0.15, -0.1) is 0 Å². The van der Waals surface area contributed by atoms with Crippen molar-refractivity contribution in [3.05, 3.63) is 77.1 Å². The quantitative estimate of drug-likeness (QED) is 0.741. The molecule has 134 valence electrons. The first-order chi connectivity index (χ1) is 12.6. The molecular weight excluding hydrogens is 326 g/mol. The zero-order valence-electron chi connectivity index (χ0n) is 15.3. The zero-order chi connectivity index (χ0) is 18.5. The molecule has 5 nitrogen and oxygen atoms in total. The van der Waals surface area contributed by atoms with E-state index in [1.807, 2.05) is 80.1 Å². The standard InChI is InChI=1S/C21H23N3O2/c1-15-9-7-8-12-20(15)26-14-21(25)22-13-19-16(2)23-24(17(19)3)18-10-5-4-6-11-18/h4-12H,13-14H2,1-3H3,(H,22,25). The molecule has 1 aromatic heterocycles. The fraction of sp³-hybridized carbons (Fsp3) is 0.238. The Morgan fingerprint density at radius 3 is 2.46 bits per heavy atom. The number of carbonyl (C=O) groups excluding carboxylic acids is 1. The number of benzene rings is 2. The molecule has 0 bridgehead atoms. The Morgan fingerprint density at radius 1 is 1.04 bits per heavy atom. The van der Waals surface area contributed by atoms with Gasteiger partial charge < -0.3 is 10.1 Å². The van der Waals surface area contributed by atoms with Crippen molar-refractivity contribution in [2.75, 3.05) is 6.61 Å². The molecule has 26 heavy (non-hydrogen) atoms.